The summed E-state index contributed by atoms with van der Waals surface area (Å²) in [6, 6.07) is 10.0. The molecule has 2 N–H and O–H groups in total. The van der Waals surface area contributed by atoms with E-state index >= 15 is 0 Å². The van der Waals surface area contributed by atoms with Crippen LogP contribution in [0.5, 0.6) is 0 Å². The van der Waals surface area contributed by atoms with Crippen molar-refractivity contribution in [2.45, 2.75) is 13.3 Å². The molecule has 0 saturated heterocycles. The number of nitrogens with zero attached hydrogens (tertiary/aromatic N) is 3. The van der Waals surface area contributed by atoms with E-state index in [1.54, 1.807) is 6.20 Å². The number of hydrogen-bond acceptors (Lipinski definition) is 5. The van der Waals surface area contributed by atoms with Gasteiger partial charge in [0.05, 0.1) is 0 Å². The lowest BCUT2D eigenvalue weighted by Gasteiger charge is -2.11. The molecule has 5 nitrogen and oxygen atoms in total. The molecule has 0 amide bonds. The summed E-state index contributed by atoms with van der Waals surface area (Å²) in [7, 11) is 4.16. The second-order valence-corrected chi connectivity index (χ2v) is 5.34. The van der Waals surface area contributed by atoms with Gasteiger partial charge in [-0.15, -0.1) is 0 Å². The van der Waals surface area contributed by atoms with Gasteiger partial charge >= 0.3 is 0 Å². The smallest absolute Gasteiger partial charge is 0.229 e. The van der Waals surface area contributed by atoms with Crippen molar-refractivity contribution in [3.8, 4) is 0 Å². The minimum Gasteiger partial charge on any atom is -0.370 e. The standard InChI is InChI=1S/C16H23N5/c1-13-6-4-7-14(12-13)19-16-18-10-8-15(20-16)17-9-5-11-21(2)3/h4,6-8,10,12H,5,9,11H2,1-3H3,(H2,17,18,19,20). The Morgan fingerprint density at radius 1 is 1.19 bits per heavy atom. The van der Waals surface area contributed by atoms with Gasteiger partial charge in [-0.1, -0.05) is 12.1 Å². The summed E-state index contributed by atoms with van der Waals surface area (Å²) in [6.45, 7) is 4.03. The maximum absolute atomic E-state index is 4.47. The lowest BCUT2D eigenvalue weighted by Crippen LogP contribution is -2.16. The minimum atomic E-state index is 0.609. The van der Waals surface area contributed by atoms with Crippen molar-refractivity contribution in [3.63, 3.8) is 0 Å². The summed E-state index contributed by atoms with van der Waals surface area (Å²) >= 11 is 0. The van der Waals surface area contributed by atoms with Crippen LogP contribution in [0.15, 0.2) is 36.5 Å². The van der Waals surface area contributed by atoms with Gasteiger partial charge < -0.3 is 15.5 Å². The van der Waals surface area contributed by atoms with E-state index in [0.717, 1.165) is 31.0 Å². The van der Waals surface area contributed by atoms with Gasteiger partial charge in [-0.05, 0) is 57.7 Å². The molecule has 1 aromatic heterocycles. The number of nitrogens with one attached hydrogen (secondary N) is 2. The lowest BCUT2D eigenvalue weighted by molar-refractivity contribution is 0.405. The molecule has 0 aliphatic rings. The third-order valence-electron chi connectivity index (χ3n) is 3.02. The first-order valence-corrected chi connectivity index (χ1v) is 7.19. The summed E-state index contributed by atoms with van der Waals surface area (Å²) in [5.74, 6) is 1.46. The molecule has 0 atom stereocenters. The highest BCUT2D eigenvalue weighted by atomic mass is 15.1. The maximum Gasteiger partial charge on any atom is 0.229 e. The van der Waals surface area contributed by atoms with Crippen LogP contribution in [0.1, 0.15) is 12.0 Å². The van der Waals surface area contributed by atoms with Gasteiger partial charge in [0.25, 0.3) is 0 Å². The molecule has 21 heavy (non-hydrogen) atoms. The predicted molar refractivity (Wildman–Crippen MR) is 88.2 cm³/mol. The first-order chi connectivity index (χ1) is 10.1. The van der Waals surface area contributed by atoms with E-state index in [9.17, 15) is 0 Å². The molecule has 0 aliphatic heterocycles. The Morgan fingerprint density at radius 3 is 2.81 bits per heavy atom. The highest BCUT2D eigenvalue weighted by molar-refractivity contribution is 5.55. The van der Waals surface area contributed by atoms with E-state index in [1.165, 1.54) is 5.56 Å². The van der Waals surface area contributed by atoms with Crippen molar-refractivity contribution in [3.05, 3.63) is 42.1 Å². The first kappa shape index (κ1) is 15.3. The van der Waals surface area contributed by atoms with E-state index in [1.807, 2.05) is 18.2 Å². The van der Waals surface area contributed by atoms with Crippen LogP contribution in [0, 0.1) is 6.92 Å². The van der Waals surface area contributed by atoms with Crippen LogP contribution < -0.4 is 10.6 Å². The van der Waals surface area contributed by atoms with Crippen molar-refractivity contribution in [1.29, 1.82) is 0 Å². The zero-order chi connectivity index (χ0) is 15.1. The van der Waals surface area contributed by atoms with Gasteiger partial charge in [0.1, 0.15) is 5.82 Å². The number of aryl methyl sites for hydroxylation is 1. The molecule has 2 aromatic rings. The van der Waals surface area contributed by atoms with Crippen molar-refractivity contribution >= 4 is 17.5 Å². The highest BCUT2D eigenvalue weighted by Crippen LogP contribution is 2.15. The van der Waals surface area contributed by atoms with E-state index < -0.39 is 0 Å². The van der Waals surface area contributed by atoms with Gasteiger partial charge in [-0.25, -0.2) is 4.98 Å². The van der Waals surface area contributed by atoms with Crippen LogP contribution in [0.25, 0.3) is 0 Å². The SMILES string of the molecule is Cc1cccc(Nc2nccc(NCCCN(C)C)n2)c1. The maximum atomic E-state index is 4.47. The Hall–Kier alpha value is -2.14. The number of aromatic nitrogens is 2. The fourth-order valence-electron chi connectivity index (χ4n) is 1.98. The molecule has 1 heterocycles. The summed E-state index contributed by atoms with van der Waals surface area (Å²) in [5, 5.41) is 6.54. The zero-order valence-corrected chi connectivity index (χ0v) is 12.9. The van der Waals surface area contributed by atoms with Crippen molar-refractivity contribution in [2.75, 3.05) is 37.8 Å². The number of anilines is 3. The Kier molecular flexibility index (Phi) is 5.51. The molecule has 0 unspecified atom stereocenters. The van der Waals surface area contributed by atoms with Crippen LogP contribution in [-0.4, -0.2) is 42.1 Å². The normalized spacial score (nSPS) is 10.7. The van der Waals surface area contributed by atoms with Crippen LogP contribution in [0.4, 0.5) is 17.5 Å². The number of benzene rings is 1. The summed E-state index contributed by atoms with van der Waals surface area (Å²) in [6.07, 6.45) is 2.84. The van der Waals surface area contributed by atoms with Crippen molar-refractivity contribution in [1.82, 2.24) is 14.9 Å². The quantitative estimate of drug-likeness (QED) is 0.766. The molecule has 0 saturated carbocycles. The van der Waals surface area contributed by atoms with Crippen LogP contribution in [0.2, 0.25) is 0 Å². The summed E-state index contributed by atoms with van der Waals surface area (Å²) in [4.78, 5) is 10.9. The van der Waals surface area contributed by atoms with Crippen LogP contribution in [0.3, 0.4) is 0 Å². The molecule has 0 radical (unpaired) electrons. The third-order valence-corrected chi connectivity index (χ3v) is 3.02. The summed E-state index contributed by atoms with van der Waals surface area (Å²) in [5.41, 5.74) is 2.21. The predicted octanol–water partition coefficient (Wildman–Crippen LogP) is 2.89. The van der Waals surface area contributed by atoms with Crippen molar-refractivity contribution < 1.29 is 0 Å². The third kappa shape index (κ3) is 5.39. The molecule has 0 spiro atoms. The lowest BCUT2D eigenvalue weighted by atomic mass is 10.2. The van der Waals surface area contributed by atoms with Gasteiger partial charge in [0, 0.05) is 18.4 Å². The number of hydrogen-bond donors (Lipinski definition) is 2. The molecule has 0 fully saturated rings. The monoisotopic (exact) mass is 285 g/mol. The average molecular weight is 285 g/mol. The topological polar surface area (TPSA) is 53.1 Å². The van der Waals surface area contributed by atoms with Gasteiger partial charge in [-0.3, -0.25) is 0 Å². The van der Waals surface area contributed by atoms with Crippen molar-refractivity contribution in [2.24, 2.45) is 0 Å². The zero-order valence-electron chi connectivity index (χ0n) is 12.9. The Morgan fingerprint density at radius 2 is 2.05 bits per heavy atom. The van der Waals surface area contributed by atoms with E-state index in [2.05, 4.69) is 58.7 Å². The summed E-state index contributed by atoms with van der Waals surface area (Å²) < 4.78 is 0. The largest absolute Gasteiger partial charge is 0.370 e. The Bertz CT molecular complexity index is 568. The Labute approximate surface area is 126 Å². The second kappa shape index (κ2) is 7.59. The molecular formula is C16H23N5. The number of rotatable bonds is 7. The molecule has 0 bridgehead atoms. The second-order valence-electron chi connectivity index (χ2n) is 5.34. The molecule has 112 valence electrons. The van der Waals surface area contributed by atoms with E-state index in [4.69, 9.17) is 0 Å². The van der Waals surface area contributed by atoms with Crippen LogP contribution >= 0.6 is 0 Å². The van der Waals surface area contributed by atoms with Gasteiger partial charge in [-0.2, -0.15) is 4.98 Å². The molecular weight excluding hydrogens is 262 g/mol. The van der Waals surface area contributed by atoms with E-state index in [0.29, 0.717) is 5.95 Å². The minimum absolute atomic E-state index is 0.609. The molecule has 5 heteroatoms. The fraction of sp³-hybridized carbons (Fsp3) is 0.375. The molecule has 2 rings (SSSR count). The first-order valence-electron chi connectivity index (χ1n) is 7.19. The van der Waals surface area contributed by atoms with E-state index in [-0.39, 0.29) is 0 Å². The van der Waals surface area contributed by atoms with Gasteiger partial charge in [0.15, 0.2) is 0 Å². The highest BCUT2D eigenvalue weighted by Gasteiger charge is 2.00. The average Bonchev–Trinajstić information content (AvgIpc) is 2.44. The molecule has 0 aliphatic carbocycles. The van der Waals surface area contributed by atoms with Gasteiger partial charge in [0.2, 0.25) is 5.95 Å². The Balaban J connectivity index is 1.91. The van der Waals surface area contributed by atoms with Crippen LogP contribution in [-0.2, 0) is 0 Å². The molecule has 1 aromatic carbocycles. The fourth-order valence-corrected chi connectivity index (χ4v) is 1.98.